The van der Waals surface area contributed by atoms with Crippen LogP contribution in [0, 0.1) is 0 Å². The number of carbonyl (C=O) groups is 6. The van der Waals surface area contributed by atoms with E-state index in [4.69, 9.17) is 17.2 Å². The van der Waals surface area contributed by atoms with E-state index in [1.165, 1.54) is 26.4 Å². The second-order valence-corrected chi connectivity index (χ2v) is 12.3. The molecule has 1 heterocycles. The maximum atomic E-state index is 13.8. The van der Waals surface area contributed by atoms with Crippen LogP contribution in [0.1, 0.15) is 49.9 Å². The summed E-state index contributed by atoms with van der Waals surface area (Å²) in [4.78, 5) is 85.2. The van der Waals surface area contributed by atoms with Gasteiger partial charge in [0.25, 0.3) is 5.91 Å². The van der Waals surface area contributed by atoms with E-state index < -0.39 is 65.8 Å². The molecule has 12 N–H and O–H groups in total. The van der Waals surface area contributed by atoms with Crippen LogP contribution in [0.15, 0.2) is 73.2 Å². The maximum absolute atomic E-state index is 13.8. The van der Waals surface area contributed by atoms with Crippen LogP contribution >= 0.6 is 0 Å². The molecule has 5 atom stereocenters. The molecule has 3 rings (SSSR count). The Balaban J connectivity index is 1.72. The predicted molar refractivity (Wildman–Crippen MR) is 192 cm³/mol. The first kappa shape index (κ1) is 40.6. The first-order chi connectivity index (χ1) is 24.9. The summed E-state index contributed by atoms with van der Waals surface area (Å²) in [6, 6.07) is 11.6. The number of hydrogen-bond donors (Lipinski definition) is 9. The van der Waals surface area contributed by atoms with Crippen LogP contribution in [0.25, 0.3) is 0 Å². The van der Waals surface area contributed by atoms with E-state index in [0.29, 0.717) is 30.6 Å². The molecule has 0 unspecified atom stereocenters. The molecule has 2 aromatic carbocycles. The molecule has 17 nitrogen and oxygen atoms in total. The zero-order valence-electron chi connectivity index (χ0n) is 29.3. The lowest BCUT2D eigenvalue weighted by molar-refractivity contribution is -0.133. The topological polar surface area (TPSA) is 273 Å². The van der Waals surface area contributed by atoms with Crippen molar-refractivity contribution in [3.05, 3.63) is 90.0 Å². The summed E-state index contributed by atoms with van der Waals surface area (Å²) >= 11 is 0. The van der Waals surface area contributed by atoms with Gasteiger partial charge in [0.15, 0.2) is 0 Å². The Morgan fingerprint density at radius 1 is 0.750 bits per heavy atom. The lowest BCUT2D eigenvalue weighted by Gasteiger charge is -2.29. The first-order valence-corrected chi connectivity index (χ1v) is 17.0. The Kier molecular flexibility index (Phi) is 16.2. The molecule has 0 fully saturated rings. The zero-order chi connectivity index (χ0) is 38.0. The molecule has 0 aliphatic heterocycles. The van der Waals surface area contributed by atoms with Gasteiger partial charge in [0.1, 0.15) is 24.2 Å². The highest BCUT2D eigenvalue weighted by Crippen LogP contribution is 2.09. The number of unbranched alkanes of at least 4 members (excludes halogenated alkanes) is 1. The molecule has 280 valence electrons. The van der Waals surface area contributed by atoms with Gasteiger partial charge in [0.05, 0.1) is 18.9 Å². The summed E-state index contributed by atoms with van der Waals surface area (Å²) in [5.41, 5.74) is 21.6. The molecular weight excluding hydrogens is 670 g/mol. The average Bonchev–Trinajstić information content (AvgIpc) is 3.64. The minimum Gasteiger partial charge on any atom is -0.368 e. The van der Waals surface area contributed by atoms with Crippen LogP contribution < -0.4 is 43.9 Å². The molecule has 3 aromatic rings. The number of aromatic amines is 1. The van der Waals surface area contributed by atoms with Crippen LogP contribution in [0.4, 0.5) is 4.79 Å². The van der Waals surface area contributed by atoms with Crippen molar-refractivity contribution in [2.75, 3.05) is 6.54 Å². The van der Waals surface area contributed by atoms with Crippen molar-refractivity contribution in [2.45, 2.75) is 82.7 Å². The predicted octanol–water partition coefficient (Wildman–Crippen LogP) is -0.758. The number of hydrazine groups is 1. The third kappa shape index (κ3) is 13.5. The molecule has 0 spiro atoms. The second-order valence-electron chi connectivity index (χ2n) is 12.3. The molecule has 0 radical (unpaired) electrons. The summed E-state index contributed by atoms with van der Waals surface area (Å²) in [7, 11) is 0. The lowest BCUT2D eigenvalue weighted by atomic mass is 10.0. The largest absolute Gasteiger partial charge is 0.368 e. The van der Waals surface area contributed by atoms with E-state index in [9.17, 15) is 28.8 Å². The number of benzene rings is 2. The van der Waals surface area contributed by atoms with Gasteiger partial charge in [-0.25, -0.2) is 14.8 Å². The van der Waals surface area contributed by atoms with E-state index in [0.717, 1.165) is 10.6 Å². The van der Waals surface area contributed by atoms with Crippen molar-refractivity contribution in [3.8, 4) is 0 Å². The molecular formula is C35H49N11O6. The van der Waals surface area contributed by atoms with Crippen molar-refractivity contribution in [2.24, 2.45) is 17.2 Å². The molecule has 17 heteroatoms. The van der Waals surface area contributed by atoms with Gasteiger partial charge in [-0.2, -0.15) is 0 Å². The number of H-pyrrole nitrogens is 1. The number of nitrogens with two attached hydrogens (primary N) is 3. The van der Waals surface area contributed by atoms with Crippen molar-refractivity contribution in [1.29, 1.82) is 0 Å². The summed E-state index contributed by atoms with van der Waals surface area (Å²) in [5.74, 6) is -3.38. The number of aromatic nitrogens is 2. The average molecular weight is 720 g/mol. The number of nitrogens with zero attached hydrogens (tertiary/aromatic N) is 2. The first-order valence-electron chi connectivity index (χ1n) is 17.0. The number of amides is 7. The molecule has 52 heavy (non-hydrogen) atoms. The van der Waals surface area contributed by atoms with Crippen LogP contribution in [-0.4, -0.2) is 87.3 Å². The Hall–Kier alpha value is -5.81. The van der Waals surface area contributed by atoms with Crippen molar-refractivity contribution in [1.82, 2.24) is 41.7 Å². The Morgan fingerprint density at radius 2 is 1.37 bits per heavy atom. The molecule has 0 aliphatic rings. The smallest absolute Gasteiger partial charge is 0.337 e. The molecule has 1 aromatic heterocycles. The fourth-order valence-electron chi connectivity index (χ4n) is 5.01. The van der Waals surface area contributed by atoms with Gasteiger partial charge in [-0.1, -0.05) is 60.7 Å². The SMILES string of the molecule is C[C@H](NC(=O)[C@@H](C)NC(=O)[C@@H](N)Cc1cnc[nH]1)C(=O)NN(Cc1ccccc1)C(=O)N[C@H](Cc1ccccc1)C(=O)N[C@@H](CCCCN)C(N)=O. The van der Waals surface area contributed by atoms with E-state index in [2.05, 4.69) is 36.7 Å². The highest BCUT2D eigenvalue weighted by Gasteiger charge is 2.30. The number of nitrogens with one attached hydrogen (secondary N) is 6. The number of urea groups is 1. The standard InChI is InChI=1S/C35H49N11O6/c1-22(42-33(50)27(37)18-26-19-39-21-40-26)31(48)41-23(2)32(49)45-46(20-25-13-7-4-8-14-25)35(52)44-29(17-24-11-5-3-6-12-24)34(51)43-28(30(38)47)15-9-10-16-36/h3-8,11-14,19,21-23,27-29H,9-10,15-18,20,36-37H2,1-2H3,(H2,38,47)(H,39,40)(H,41,48)(H,42,50)(H,43,51)(H,44,52)(H,45,49)/t22-,23+,27+,28+,29-/m1/s1. The van der Waals surface area contributed by atoms with Crippen LogP contribution in [0.3, 0.4) is 0 Å². The van der Waals surface area contributed by atoms with Gasteiger partial charge < -0.3 is 43.5 Å². The second kappa shape index (κ2) is 20.8. The van der Waals surface area contributed by atoms with E-state index >= 15 is 0 Å². The Labute approximate surface area is 302 Å². The van der Waals surface area contributed by atoms with E-state index in [-0.39, 0.29) is 25.8 Å². The summed E-state index contributed by atoms with van der Waals surface area (Å²) in [6.07, 6.45) is 4.68. The number of imidazole rings is 1. The quantitative estimate of drug-likeness (QED) is 0.0556. The molecule has 0 aliphatic carbocycles. The fraction of sp³-hybridized carbons (Fsp3) is 0.400. The van der Waals surface area contributed by atoms with Crippen LogP contribution in [-0.2, 0) is 43.4 Å². The zero-order valence-corrected chi connectivity index (χ0v) is 29.3. The maximum Gasteiger partial charge on any atom is 0.337 e. The summed E-state index contributed by atoms with van der Waals surface area (Å²) in [5, 5.41) is 11.4. The highest BCUT2D eigenvalue weighted by molar-refractivity contribution is 5.94. The fourth-order valence-corrected chi connectivity index (χ4v) is 5.01. The van der Waals surface area contributed by atoms with Gasteiger partial charge in [-0.15, -0.1) is 0 Å². The summed E-state index contributed by atoms with van der Waals surface area (Å²) in [6.45, 7) is 3.15. The third-order valence-corrected chi connectivity index (χ3v) is 8.01. The van der Waals surface area contributed by atoms with Crippen LogP contribution in [0.5, 0.6) is 0 Å². The van der Waals surface area contributed by atoms with Crippen molar-refractivity contribution in [3.63, 3.8) is 0 Å². The van der Waals surface area contributed by atoms with Gasteiger partial charge in [-0.3, -0.25) is 29.4 Å². The Morgan fingerprint density at radius 3 is 1.96 bits per heavy atom. The normalized spacial score (nSPS) is 13.7. The number of rotatable bonds is 19. The monoisotopic (exact) mass is 719 g/mol. The Bertz CT molecular complexity index is 1610. The number of hydrogen-bond acceptors (Lipinski definition) is 9. The third-order valence-electron chi connectivity index (χ3n) is 8.01. The number of carbonyl (C=O) groups excluding carboxylic acids is 6. The van der Waals surface area contributed by atoms with Crippen molar-refractivity contribution >= 4 is 35.6 Å². The van der Waals surface area contributed by atoms with Gasteiger partial charge in [0.2, 0.25) is 23.6 Å². The van der Waals surface area contributed by atoms with Gasteiger partial charge in [0, 0.05) is 24.7 Å². The van der Waals surface area contributed by atoms with Gasteiger partial charge >= 0.3 is 6.03 Å². The molecule has 0 saturated carbocycles. The molecule has 0 bridgehead atoms. The lowest BCUT2D eigenvalue weighted by Crippen LogP contribution is -2.60. The summed E-state index contributed by atoms with van der Waals surface area (Å²) < 4.78 is 0. The van der Waals surface area contributed by atoms with Gasteiger partial charge in [-0.05, 0) is 50.8 Å². The van der Waals surface area contributed by atoms with E-state index in [1.807, 2.05) is 0 Å². The number of primary amides is 1. The minimum atomic E-state index is -1.18. The molecule has 7 amide bonds. The van der Waals surface area contributed by atoms with Crippen molar-refractivity contribution < 1.29 is 28.8 Å². The van der Waals surface area contributed by atoms with E-state index in [1.54, 1.807) is 60.7 Å². The molecule has 0 saturated heterocycles. The minimum absolute atomic E-state index is 0.0570. The van der Waals surface area contributed by atoms with Crippen LogP contribution in [0.2, 0.25) is 0 Å². The highest BCUT2D eigenvalue weighted by atomic mass is 16.2.